The zero-order valence-corrected chi connectivity index (χ0v) is 24.5. The molecule has 1 saturated heterocycles. The number of hydrogen-bond acceptors (Lipinski definition) is 5. The molecule has 2 aromatic carbocycles. The summed E-state index contributed by atoms with van der Waals surface area (Å²) < 4.78 is 12.2. The molecule has 2 unspecified atom stereocenters. The van der Waals surface area contributed by atoms with Gasteiger partial charge in [0.05, 0.1) is 13.0 Å². The molecule has 3 heterocycles. The Morgan fingerprint density at radius 1 is 1.07 bits per heavy atom. The van der Waals surface area contributed by atoms with E-state index in [9.17, 15) is 9.90 Å². The number of aromatic nitrogens is 1. The number of benzene rings is 2. The van der Waals surface area contributed by atoms with Crippen molar-refractivity contribution in [1.82, 2.24) is 9.88 Å². The highest BCUT2D eigenvalue weighted by molar-refractivity contribution is 5.71. The molecule has 4 atom stereocenters. The third kappa shape index (κ3) is 5.99. The Balaban J connectivity index is 1.32. The van der Waals surface area contributed by atoms with Crippen molar-refractivity contribution in [3.05, 3.63) is 77.0 Å². The summed E-state index contributed by atoms with van der Waals surface area (Å²) in [6.07, 6.45) is 9.64. The van der Waals surface area contributed by atoms with Crippen LogP contribution >= 0.6 is 0 Å². The number of methoxy groups -OCH3 is 1. The maximum Gasteiger partial charge on any atom is 0.306 e. The molecule has 0 amide bonds. The van der Waals surface area contributed by atoms with Gasteiger partial charge in [0.2, 0.25) is 5.88 Å². The first-order chi connectivity index (χ1) is 19.9. The monoisotopic (exact) mass is 554 g/mol. The first-order valence-electron chi connectivity index (χ1n) is 15.3. The Kier molecular flexibility index (Phi) is 8.03. The van der Waals surface area contributed by atoms with Crippen LogP contribution in [-0.4, -0.2) is 40.7 Å². The molecule has 0 spiro atoms. The molecular formula is C35H42N2O4. The van der Waals surface area contributed by atoms with Gasteiger partial charge in [0.1, 0.15) is 11.9 Å². The summed E-state index contributed by atoms with van der Waals surface area (Å²) in [7, 11) is 1.65. The van der Waals surface area contributed by atoms with E-state index in [0.717, 1.165) is 61.2 Å². The molecule has 3 aromatic rings. The van der Waals surface area contributed by atoms with Crippen LogP contribution in [0.3, 0.4) is 0 Å². The van der Waals surface area contributed by atoms with Crippen molar-refractivity contribution in [2.24, 2.45) is 11.8 Å². The fourth-order valence-corrected chi connectivity index (χ4v) is 6.94. The number of piperidine rings is 1. The van der Waals surface area contributed by atoms with E-state index < -0.39 is 11.9 Å². The number of carboxylic acids is 1. The van der Waals surface area contributed by atoms with Crippen molar-refractivity contribution >= 4 is 5.97 Å². The van der Waals surface area contributed by atoms with E-state index in [1.54, 1.807) is 13.3 Å². The van der Waals surface area contributed by atoms with Crippen molar-refractivity contribution in [2.45, 2.75) is 83.4 Å². The Labute approximate surface area is 243 Å². The maximum absolute atomic E-state index is 11.9. The topological polar surface area (TPSA) is 71.9 Å². The highest BCUT2D eigenvalue weighted by atomic mass is 16.5. The Bertz CT molecular complexity index is 1400. The van der Waals surface area contributed by atoms with Gasteiger partial charge in [-0.2, -0.15) is 0 Å². The zero-order chi connectivity index (χ0) is 28.5. The second kappa shape index (κ2) is 11.8. The van der Waals surface area contributed by atoms with Crippen LogP contribution in [0.2, 0.25) is 0 Å². The van der Waals surface area contributed by atoms with E-state index in [1.807, 2.05) is 19.1 Å². The largest absolute Gasteiger partial charge is 0.485 e. The van der Waals surface area contributed by atoms with Gasteiger partial charge in [0.15, 0.2) is 0 Å². The molecule has 2 aliphatic heterocycles. The first-order valence-corrected chi connectivity index (χ1v) is 15.3. The van der Waals surface area contributed by atoms with Gasteiger partial charge in [-0.1, -0.05) is 37.6 Å². The second-order valence-corrected chi connectivity index (χ2v) is 12.3. The summed E-state index contributed by atoms with van der Waals surface area (Å²) in [4.78, 5) is 18.8. The third-order valence-corrected chi connectivity index (χ3v) is 9.56. The summed E-state index contributed by atoms with van der Waals surface area (Å²) in [6, 6.07) is 17.8. The molecule has 0 bridgehead atoms. The van der Waals surface area contributed by atoms with Crippen molar-refractivity contribution < 1.29 is 19.4 Å². The van der Waals surface area contributed by atoms with Crippen molar-refractivity contribution in [3.8, 4) is 22.8 Å². The first kappa shape index (κ1) is 27.8. The highest BCUT2D eigenvalue weighted by Gasteiger charge is 2.39. The van der Waals surface area contributed by atoms with Crippen molar-refractivity contribution in [3.63, 3.8) is 0 Å². The SMILES string of the molecule is COc1cc(-c2ccc(C3CCc4ccc(C(C5CC5)[C@H](C)C(=O)O)cc4O3)c(CN3CCCC[C@@H]3C)c2)ccn1. The van der Waals surface area contributed by atoms with Crippen LogP contribution in [0, 0.1) is 11.8 Å². The molecule has 1 aromatic heterocycles. The minimum atomic E-state index is -0.720. The molecule has 1 saturated carbocycles. The molecule has 0 radical (unpaired) electrons. The third-order valence-electron chi connectivity index (χ3n) is 9.56. The van der Waals surface area contributed by atoms with Crippen LogP contribution in [0.1, 0.15) is 86.6 Å². The molecule has 1 aliphatic carbocycles. The van der Waals surface area contributed by atoms with E-state index >= 15 is 0 Å². The summed E-state index contributed by atoms with van der Waals surface area (Å²) >= 11 is 0. The average molecular weight is 555 g/mol. The van der Waals surface area contributed by atoms with Crippen LogP contribution in [-0.2, 0) is 17.8 Å². The molecular weight excluding hydrogens is 512 g/mol. The predicted molar refractivity (Wildman–Crippen MR) is 160 cm³/mol. The Hall–Kier alpha value is -3.38. The van der Waals surface area contributed by atoms with E-state index in [2.05, 4.69) is 53.2 Å². The Morgan fingerprint density at radius 3 is 2.66 bits per heavy atom. The number of hydrogen-bond donors (Lipinski definition) is 1. The van der Waals surface area contributed by atoms with Crippen LogP contribution in [0.4, 0.5) is 0 Å². The number of fused-ring (bicyclic) bond motifs is 1. The van der Waals surface area contributed by atoms with Gasteiger partial charge in [0, 0.05) is 24.8 Å². The number of carboxylic acid groups (broad SMARTS) is 1. The molecule has 6 heteroatoms. The van der Waals surface area contributed by atoms with Gasteiger partial charge < -0.3 is 14.6 Å². The van der Waals surface area contributed by atoms with E-state index in [-0.39, 0.29) is 12.0 Å². The lowest BCUT2D eigenvalue weighted by Gasteiger charge is -2.35. The molecule has 6 rings (SSSR count). The minimum Gasteiger partial charge on any atom is -0.485 e. The second-order valence-electron chi connectivity index (χ2n) is 12.3. The standard InChI is InChI=1S/C35H42N2O4/c1-22-6-4-5-17-37(22)21-29-18-26(27-15-16-36-33(20-27)40-3)11-13-30(29)31-14-12-24-7-10-28(19-32(24)41-31)34(25-8-9-25)23(2)35(38)39/h7,10-11,13,15-16,18-20,22-23,25,31,34H,4-6,8-9,12,14,17,21H2,1-3H3,(H,38,39)/t22-,23-,31?,34?/m0/s1. The smallest absolute Gasteiger partial charge is 0.306 e. The number of ether oxygens (including phenoxy) is 2. The van der Waals surface area contributed by atoms with Crippen LogP contribution < -0.4 is 9.47 Å². The van der Waals surface area contributed by atoms with E-state index in [4.69, 9.17) is 9.47 Å². The number of aryl methyl sites for hydroxylation is 1. The normalized spacial score (nSPS) is 22.3. The summed E-state index contributed by atoms with van der Waals surface area (Å²) in [6.45, 7) is 6.22. The van der Waals surface area contributed by atoms with Gasteiger partial charge in [-0.15, -0.1) is 0 Å². The van der Waals surface area contributed by atoms with Gasteiger partial charge in [-0.05, 0) is 115 Å². The van der Waals surface area contributed by atoms with Crippen LogP contribution in [0.25, 0.3) is 11.1 Å². The molecule has 3 aliphatic rings. The highest BCUT2D eigenvalue weighted by Crippen LogP contribution is 2.48. The van der Waals surface area contributed by atoms with Crippen LogP contribution in [0.5, 0.6) is 11.6 Å². The maximum atomic E-state index is 11.9. The molecule has 6 nitrogen and oxygen atoms in total. The molecule has 2 fully saturated rings. The lowest BCUT2D eigenvalue weighted by molar-refractivity contribution is -0.142. The van der Waals surface area contributed by atoms with Crippen molar-refractivity contribution in [1.29, 1.82) is 0 Å². The zero-order valence-electron chi connectivity index (χ0n) is 24.5. The van der Waals surface area contributed by atoms with Gasteiger partial charge in [-0.3, -0.25) is 9.69 Å². The van der Waals surface area contributed by atoms with Crippen LogP contribution in [0.15, 0.2) is 54.7 Å². The molecule has 41 heavy (non-hydrogen) atoms. The van der Waals surface area contributed by atoms with Crippen molar-refractivity contribution in [2.75, 3.05) is 13.7 Å². The quantitative estimate of drug-likeness (QED) is 0.297. The number of nitrogens with zero attached hydrogens (tertiary/aromatic N) is 2. The lowest BCUT2D eigenvalue weighted by atomic mass is 9.82. The minimum absolute atomic E-state index is 0.0366. The average Bonchev–Trinajstić information content (AvgIpc) is 3.83. The van der Waals surface area contributed by atoms with Gasteiger partial charge >= 0.3 is 5.97 Å². The van der Waals surface area contributed by atoms with Gasteiger partial charge in [0.25, 0.3) is 0 Å². The number of likely N-dealkylation sites (tertiary alicyclic amines) is 1. The van der Waals surface area contributed by atoms with E-state index in [1.165, 1.54) is 36.0 Å². The fraction of sp³-hybridized carbons (Fsp3) is 0.486. The number of pyridine rings is 1. The van der Waals surface area contributed by atoms with Gasteiger partial charge in [-0.25, -0.2) is 4.98 Å². The fourth-order valence-electron chi connectivity index (χ4n) is 6.94. The number of carbonyl (C=O) groups is 1. The summed E-state index contributed by atoms with van der Waals surface area (Å²) in [5.41, 5.74) is 7.13. The number of rotatable bonds is 9. The number of aliphatic carboxylic acids is 1. The molecule has 1 N–H and O–H groups in total. The summed E-state index contributed by atoms with van der Waals surface area (Å²) in [5, 5.41) is 9.79. The lowest BCUT2D eigenvalue weighted by Crippen LogP contribution is -2.37. The van der Waals surface area contributed by atoms with E-state index in [0.29, 0.717) is 17.8 Å². The Morgan fingerprint density at radius 2 is 1.90 bits per heavy atom. The predicted octanol–water partition coefficient (Wildman–Crippen LogP) is 7.41. The summed E-state index contributed by atoms with van der Waals surface area (Å²) in [5.74, 6) is 0.898. The molecule has 216 valence electrons.